The molecule has 0 spiro atoms. The van der Waals surface area contributed by atoms with Gasteiger partial charge in [0.05, 0.1) is 6.61 Å². The number of carbonyl (C=O) groups is 1. The molecule has 3 heteroatoms. The third-order valence-corrected chi connectivity index (χ3v) is 2.13. The summed E-state index contributed by atoms with van der Waals surface area (Å²) in [7, 11) is 4.08. The Morgan fingerprint density at radius 3 is 2.88 bits per heavy atom. The molecule has 1 aromatic carbocycles. The first-order valence-corrected chi connectivity index (χ1v) is 5.52. The first kappa shape index (κ1) is 12.7. The maximum Gasteiger partial charge on any atom is 0.120 e. The Bertz CT molecular complexity index is 323. The van der Waals surface area contributed by atoms with Crippen molar-refractivity contribution in [2.75, 3.05) is 20.7 Å². The summed E-state index contributed by atoms with van der Waals surface area (Å²) in [6.07, 6.45) is 2.27. The van der Waals surface area contributed by atoms with Gasteiger partial charge in [0.1, 0.15) is 12.0 Å². The Morgan fingerprint density at radius 1 is 1.38 bits per heavy atom. The van der Waals surface area contributed by atoms with Crippen molar-refractivity contribution in [3.05, 3.63) is 29.8 Å². The summed E-state index contributed by atoms with van der Waals surface area (Å²) in [6, 6.07) is 8.06. The third-order valence-electron chi connectivity index (χ3n) is 2.13. The van der Waals surface area contributed by atoms with Gasteiger partial charge in [-0.3, -0.25) is 0 Å². The van der Waals surface area contributed by atoms with Gasteiger partial charge in [0.15, 0.2) is 0 Å². The summed E-state index contributed by atoms with van der Waals surface area (Å²) < 4.78 is 5.55. The Hall–Kier alpha value is -1.35. The van der Waals surface area contributed by atoms with Crippen LogP contribution in [0.15, 0.2) is 24.3 Å². The van der Waals surface area contributed by atoms with Crippen molar-refractivity contribution in [1.82, 2.24) is 4.90 Å². The fraction of sp³-hybridized carbons (Fsp3) is 0.462. The van der Waals surface area contributed by atoms with Crippen molar-refractivity contribution in [2.45, 2.75) is 19.4 Å². The molecule has 3 nitrogen and oxygen atoms in total. The molecule has 0 radical (unpaired) electrons. The average molecular weight is 221 g/mol. The third kappa shape index (κ3) is 4.94. The van der Waals surface area contributed by atoms with Gasteiger partial charge in [-0.2, -0.15) is 0 Å². The molecule has 0 saturated carbocycles. The van der Waals surface area contributed by atoms with Gasteiger partial charge in [0.2, 0.25) is 0 Å². The first-order valence-electron chi connectivity index (χ1n) is 5.52. The Kier molecular flexibility index (Phi) is 5.57. The van der Waals surface area contributed by atoms with Gasteiger partial charge < -0.3 is 14.4 Å². The molecule has 0 unspecified atom stereocenters. The molecule has 1 aromatic rings. The number of ether oxygens (including phenoxy) is 1. The molecular formula is C13H19NO2. The minimum Gasteiger partial charge on any atom is -0.494 e. The predicted molar refractivity (Wildman–Crippen MR) is 64.6 cm³/mol. The molecule has 0 aliphatic heterocycles. The van der Waals surface area contributed by atoms with Crippen LogP contribution in [-0.2, 0) is 11.3 Å². The van der Waals surface area contributed by atoms with E-state index in [-0.39, 0.29) is 0 Å². The Balaban J connectivity index is 2.43. The molecule has 0 N–H and O–H groups in total. The fourth-order valence-corrected chi connectivity index (χ4v) is 1.46. The zero-order valence-electron chi connectivity index (χ0n) is 9.98. The predicted octanol–water partition coefficient (Wildman–Crippen LogP) is 2.11. The van der Waals surface area contributed by atoms with E-state index in [4.69, 9.17) is 4.74 Å². The van der Waals surface area contributed by atoms with Crippen LogP contribution in [0.4, 0.5) is 0 Å². The topological polar surface area (TPSA) is 29.5 Å². The van der Waals surface area contributed by atoms with Gasteiger partial charge in [-0.25, -0.2) is 0 Å². The number of hydrogen-bond acceptors (Lipinski definition) is 3. The van der Waals surface area contributed by atoms with Gasteiger partial charge in [-0.1, -0.05) is 12.1 Å². The summed E-state index contributed by atoms with van der Waals surface area (Å²) in [4.78, 5) is 12.2. The number of benzene rings is 1. The molecule has 0 aliphatic rings. The van der Waals surface area contributed by atoms with Gasteiger partial charge in [-0.15, -0.1) is 0 Å². The maximum atomic E-state index is 10.1. The van der Waals surface area contributed by atoms with E-state index >= 15 is 0 Å². The van der Waals surface area contributed by atoms with Crippen LogP contribution in [-0.4, -0.2) is 31.9 Å². The van der Waals surface area contributed by atoms with Crippen molar-refractivity contribution in [2.24, 2.45) is 0 Å². The van der Waals surface area contributed by atoms with Gasteiger partial charge in [0.25, 0.3) is 0 Å². The van der Waals surface area contributed by atoms with Gasteiger partial charge >= 0.3 is 0 Å². The van der Waals surface area contributed by atoms with Crippen LogP contribution >= 0.6 is 0 Å². The zero-order chi connectivity index (χ0) is 11.8. The van der Waals surface area contributed by atoms with E-state index in [2.05, 4.69) is 11.0 Å². The number of rotatable bonds is 7. The van der Waals surface area contributed by atoms with Crippen LogP contribution in [0.5, 0.6) is 5.75 Å². The lowest BCUT2D eigenvalue weighted by Crippen LogP contribution is -2.10. The van der Waals surface area contributed by atoms with Crippen LogP contribution in [0, 0.1) is 0 Å². The van der Waals surface area contributed by atoms with Crippen molar-refractivity contribution in [3.8, 4) is 5.75 Å². The molecule has 1 rings (SSSR count). The molecule has 0 aromatic heterocycles. The van der Waals surface area contributed by atoms with E-state index in [1.165, 1.54) is 5.56 Å². The van der Waals surface area contributed by atoms with Crippen LogP contribution < -0.4 is 4.74 Å². The standard InChI is InChI=1S/C13H19NO2/c1-14(2)11-12-6-5-7-13(10-12)16-9-4-3-8-15/h5-8,10H,3-4,9,11H2,1-2H3. The highest BCUT2D eigenvalue weighted by molar-refractivity contribution is 5.49. The van der Waals surface area contributed by atoms with Crippen LogP contribution in [0.25, 0.3) is 0 Å². The molecule has 0 amide bonds. The highest BCUT2D eigenvalue weighted by Crippen LogP contribution is 2.14. The first-order chi connectivity index (χ1) is 7.72. The van der Waals surface area contributed by atoms with Crippen molar-refractivity contribution in [3.63, 3.8) is 0 Å². The average Bonchev–Trinajstić information content (AvgIpc) is 2.24. The summed E-state index contributed by atoms with van der Waals surface area (Å²) in [5.41, 5.74) is 1.23. The summed E-state index contributed by atoms with van der Waals surface area (Å²) in [5, 5.41) is 0. The van der Waals surface area contributed by atoms with Gasteiger partial charge in [0, 0.05) is 13.0 Å². The monoisotopic (exact) mass is 221 g/mol. The summed E-state index contributed by atoms with van der Waals surface area (Å²) in [6.45, 7) is 1.51. The molecule has 88 valence electrons. The quantitative estimate of drug-likeness (QED) is 0.521. The molecule has 0 heterocycles. The van der Waals surface area contributed by atoms with E-state index in [1.807, 2.05) is 32.3 Å². The largest absolute Gasteiger partial charge is 0.494 e. The zero-order valence-corrected chi connectivity index (χ0v) is 9.98. The molecule has 0 saturated heterocycles. The van der Waals surface area contributed by atoms with E-state index in [0.29, 0.717) is 13.0 Å². The second-order valence-electron chi connectivity index (χ2n) is 4.04. The second-order valence-corrected chi connectivity index (χ2v) is 4.04. The Morgan fingerprint density at radius 2 is 2.19 bits per heavy atom. The van der Waals surface area contributed by atoms with Crippen molar-refractivity contribution in [1.29, 1.82) is 0 Å². The molecule has 0 atom stereocenters. The van der Waals surface area contributed by atoms with E-state index in [1.54, 1.807) is 0 Å². The molecular weight excluding hydrogens is 202 g/mol. The second kappa shape index (κ2) is 7.01. The Labute approximate surface area is 97.0 Å². The highest BCUT2D eigenvalue weighted by atomic mass is 16.5. The van der Waals surface area contributed by atoms with Crippen LogP contribution in [0.2, 0.25) is 0 Å². The number of nitrogens with zero attached hydrogens (tertiary/aromatic N) is 1. The SMILES string of the molecule is CN(C)Cc1cccc(OCCCC=O)c1. The van der Waals surface area contributed by atoms with Crippen LogP contribution in [0.1, 0.15) is 18.4 Å². The number of unbranched alkanes of at least 4 members (excludes halogenated alkanes) is 1. The highest BCUT2D eigenvalue weighted by Gasteiger charge is 1.98. The minimum atomic E-state index is 0.567. The molecule has 0 bridgehead atoms. The summed E-state index contributed by atoms with van der Waals surface area (Å²) in [5.74, 6) is 0.880. The minimum absolute atomic E-state index is 0.567. The number of carbonyl (C=O) groups excluding carboxylic acids is 1. The van der Waals surface area contributed by atoms with Crippen molar-refractivity contribution < 1.29 is 9.53 Å². The lowest BCUT2D eigenvalue weighted by atomic mass is 10.2. The normalized spacial score (nSPS) is 10.4. The smallest absolute Gasteiger partial charge is 0.120 e. The van der Waals surface area contributed by atoms with Crippen molar-refractivity contribution >= 4 is 6.29 Å². The summed E-state index contributed by atoms with van der Waals surface area (Å²) >= 11 is 0. The van der Waals surface area contributed by atoms with Gasteiger partial charge in [-0.05, 0) is 38.2 Å². The molecule has 0 fully saturated rings. The molecule has 16 heavy (non-hydrogen) atoms. The molecule has 0 aliphatic carbocycles. The lowest BCUT2D eigenvalue weighted by Gasteiger charge is -2.11. The number of hydrogen-bond donors (Lipinski definition) is 0. The number of aldehydes is 1. The van der Waals surface area contributed by atoms with Crippen LogP contribution in [0.3, 0.4) is 0 Å². The lowest BCUT2D eigenvalue weighted by molar-refractivity contribution is -0.108. The fourth-order valence-electron chi connectivity index (χ4n) is 1.46. The maximum absolute atomic E-state index is 10.1. The van der Waals surface area contributed by atoms with E-state index in [0.717, 1.165) is 25.0 Å². The van der Waals surface area contributed by atoms with E-state index < -0.39 is 0 Å². The van der Waals surface area contributed by atoms with E-state index in [9.17, 15) is 4.79 Å².